The highest BCUT2D eigenvalue weighted by Gasteiger charge is 2.24. The minimum atomic E-state index is -4.49. The summed E-state index contributed by atoms with van der Waals surface area (Å²) >= 11 is 5.80. The van der Waals surface area contributed by atoms with Crippen molar-refractivity contribution in [1.82, 2.24) is 10.0 Å². The fourth-order valence-electron chi connectivity index (χ4n) is 1.88. The summed E-state index contributed by atoms with van der Waals surface area (Å²) in [6.45, 7) is -0.522. The summed E-state index contributed by atoms with van der Waals surface area (Å²) in [7, 11) is -4.49. The summed E-state index contributed by atoms with van der Waals surface area (Å²) in [4.78, 5) is 10.6. The Balaban J connectivity index is 1.96. The van der Waals surface area contributed by atoms with E-state index < -0.39 is 39.0 Å². The monoisotopic (exact) mass is 374 g/mol. The average molecular weight is 375 g/mol. The molecule has 1 amide bonds. The molecule has 24 heavy (non-hydrogen) atoms. The van der Waals surface area contributed by atoms with Gasteiger partial charge in [-0.1, -0.05) is 29.8 Å². The fraction of sp³-hybridized carbons (Fsp3) is 0.133. The van der Waals surface area contributed by atoms with Crippen LogP contribution in [0.2, 0.25) is 5.02 Å². The van der Waals surface area contributed by atoms with E-state index in [0.717, 1.165) is 23.8 Å². The summed E-state index contributed by atoms with van der Waals surface area (Å²) in [6.07, 6.45) is 0. The van der Waals surface area contributed by atoms with E-state index in [9.17, 15) is 22.0 Å². The molecule has 2 rings (SSSR count). The van der Waals surface area contributed by atoms with Gasteiger partial charge in [0.25, 0.3) is 0 Å². The highest BCUT2D eigenvalue weighted by atomic mass is 35.5. The number of hydrogen-bond acceptors (Lipinski definition) is 3. The van der Waals surface area contributed by atoms with Crippen LogP contribution in [0.25, 0.3) is 0 Å². The second kappa shape index (κ2) is 7.69. The average Bonchev–Trinajstić information content (AvgIpc) is 2.51. The SMILES string of the molecule is O=C(CNS(=O)(=O)c1c(F)cccc1F)NCc1cccc(Cl)c1. The molecule has 0 aliphatic rings. The van der Waals surface area contributed by atoms with E-state index in [0.29, 0.717) is 5.02 Å². The minimum Gasteiger partial charge on any atom is -0.351 e. The van der Waals surface area contributed by atoms with Crippen LogP contribution in [0.5, 0.6) is 0 Å². The van der Waals surface area contributed by atoms with Gasteiger partial charge in [0, 0.05) is 11.6 Å². The molecule has 0 spiro atoms. The summed E-state index contributed by atoms with van der Waals surface area (Å²) in [5, 5.41) is 2.97. The predicted molar refractivity (Wildman–Crippen MR) is 84.8 cm³/mol. The normalized spacial score (nSPS) is 11.3. The first kappa shape index (κ1) is 18.3. The molecule has 0 radical (unpaired) electrons. The first-order chi connectivity index (χ1) is 11.3. The Kier molecular flexibility index (Phi) is 5.87. The van der Waals surface area contributed by atoms with Crippen LogP contribution in [0.1, 0.15) is 5.56 Å². The number of benzene rings is 2. The van der Waals surface area contributed by atoms with Gasteiger partial charge in [-0.2, -0.15) is 0 Å². The van der Waals surface area contributed by atoms with E-state index in [-0.39, 0.29) is 6.54 Å². The molecular weight excluding hydrogens is 362 g/mol. The molecule has 5 nitrogen and oxygen atoms in total. The fourth-order valence-corrected chi connectivity index (χ4v) is 3.21. The quantitative estimate of drug-likeness (QED) is 0.814. The zero-order valence-electron chi connectivity index (χ0n) is 12.2. The highest BCUT2D eigenvalue weighted by Crippen LogP contribution is 2.17. The van der Waals surface area contributed by atoms with Crippen molar-refractivity contribution in [3.8, 4) is 0 Å². The zero-order chi connectivity index (χ0) is 17.7. The van der Waals surface area contributed by atoms with Gasteiger partial charge in [0.05, 0.1) is 6.54 Å². The number of nitrogens with one attached hydrogen (secondary N) is 2. The van der Waals surface area contributed by atoms with Crippen molar-refractivity contribution in [2.45, 2.75) is 11.4 Å². The van der Waals surface area contributed by atoms with Crippen LogP contribution >= 0.6 is 11.6 Å². The molecule has 0 aliphatic carbocycles. The molecule has 0 saturated carbocycles. The van der Waals surface area contributed by atoms with Crippen LogP contribution in [0, 0.1) is 11.6 Å². The molecule has 2 aromatic rings. The van der Waals surface area contributed by atoms with Crippen molar-refractivity contribution in [2.75, 3.05) is 6.54 Å². The van der Waals surface area contributed by atoms with Crippen LogP contribution in [0.3, 0.4) is 0 Å². The Morgan fingerprint density at radius 1 is 1.08 bits per heavy atom. The molecule has 128 valence electrons. The Hall–Kier alpha value is -2.03. The van der Waals surface area contributed by atoms with Crippen LogP contribution in [0.4, 0.5) is 8.78 Å². The smallest absolute Gasteiger partial charge is 0.246 e. The van der Waals surface area contributed by atoms with E-state index in [2.05, 4.69) is 5.32 Å². The first-order valence-corrected chi connectivity index (χ1v) is 8.60. The maximum Gasteiger partial charge on any atom is 0.246 e. The maximum absolute atomic E-state index is 13.5. The molecule has 0 saturated heterocycles. The number of halogens is 3. The molecule has 0 atom stereocenters. The van der Waals surface area contributed by atoms with Crippen molar-refractivity contribution in [3.05, 3.63) is 64.7 Å². The van der Waals surface area contributed by atoms with Gasteiger partial charge in [0.2, 0.25) is 15.9 Å². The van der Waals surface area contributed by atoms with Crippen LogP contribution in [-0.2, 0) is 21.4 Å². The van der Waals surface area contributed by atoms with Crippen molar-refractivity contribution >= 4 is 27.5 Å². The van der Waals surface area contributed by atoms with Gasteiger partial charge in [0.15, 0.2) is 4.90 Å². The van der Waals surface area contributed by atoms with Crippen LogP contribution < -0.4 is 10.0 Å². The lowest BCUT2D eigenvalue weighted by atomic mass is 10.2. The van der Waals surface area contributed by atoms with Crippen molar-refractivity contribution in [1.29, 1.82) is 0 Å². The number of hydrogen-bond donors (Lipinski definition) is 2. The number of sulfonamides is 1. The van der Waals surface area contributed by atoms with Crippen molar-refractivity contribution in [3.63, 3.8) is 0 Å². The lowest BCUT2D eigenvalue weighted by Crippen LogP contribution is -2.37. The van der Waals surface area contributed by atoms with E-state index >= 15 is 0 Å². The third-order valence-electron chi connectivity index (χ3n) is 2.99. The van der Waals surface area contributed by atoms with Gasteiger partial charge in [-0.25, -0.2) is 21.9 Å². The Labute approximate surface area is 142 Å². The van der Waals surface area contributed by atoms with Crippen molar-refractivity contribution < 1.29 is 22.0 Å². The molecule has 2 aromatic carbocycles. The van der Waals surface area contributed by atoms with Gasteiger partial charge in [-0.15, -0.1) is 0 Å². The second-order valence-corrected chi connectivity index (χ2v) is 6.92. The molecule has 0 aliphatic heterocycles. The molecule has 0 bridgehead atoms. The molecule has 0 fully saturated rings. The standard InChI is InChI=1S/C15H13ClF2N2O3S/c16-11-4-1-3-10(7-11)8-19-14(21)9-20-24(22,23)15-12(17)5-2-6-13(15)18/h1-7,20H,8-9H2,(H,19,21). The van der Waals surface area contributed by atoms with E-state index in [1.165, 1.54) is 0 Å². The van der Waals surface area contributed by atoms with Gasteiger partial charge in [0.1, 0.15) is 11.6 Å². The third kappa shape index (κ3) is 4.73. The molecule has 0 aromatic heterocycles. The topological polar surface area (TPSA) is 75.3 Å². The minimum absolute atomic E-state index is 0.134. The van der Waals surface area contributed by atoms with Gasteiger partial charge in [-0.3, -0.25) is 4.79 Å². The third-order valence-corrected chi connectivity index (χ3v) is 4.68. The van der Waals surface area contributed by atoms with Gasteiger partial charge >= 0.3 is 0 Å². The number of rotatable bonds is 6. The number of amides is 1. The van der Waals surface area contributed by atoms with E-state index in [1.54, 1.807) is 24.3 Å². The van der Waals surface area contributed by atoms with Gasteiger partial charge in [-0.05, 0) is 29.8 Å². The Morgan fingerprint density at radius 3 is 2.33 bits per heavy atom. The molecule has 0 unspecified atom stereocenters. The van der Waals surface area contributed by atoms with Gasteiger partial charge < -0.3 is 5.32 Å². The molecule has 9 heteroatoms. The largest absolute Gasteiger partial charge is 0.351 e. The number of carbonyl (C=O) groups is 1. The lowest BCUT2D eigenvalue weighted by Gasteiger charge is -2.09. The summed E-state index contributed by atoms with van der Waals surface area (Å²) < 4.78 is 52.7. The first-order valence-electron chi connectivity index (χ1n) is 6.74. The maximum atomic E-state index is 13.5. The summed E-state index contributed by atoms with van der Waals surface area (Å²) in [5.41, 5.74) is 0.721. The Bertz CT molecular complexity index is 839. The molecular formula is C15H13ClF2N2O3S. The zero-order valence-corrected chi connectivity index (χ0v) is 13.8. The predicted octanol–water partition coefficient (Wildman–Crippen LogP) is 2.21. The molecule has 2 N–H and O–H groups in total. The lowest BCUT2D eigenvalue weighted by molar-refractivity contribution is -0.120. The second-order valence-electron chi connectivity index (χ2n) is 4.78. The van der Waals surface area contributed by atoms with E-state index in [1.807, 2.05) is 4.72 Å². The number of carbonyl (C=O) groups excluding carboxylic acids is 1. The van der Waals surface area contributed by atoms with Crippen LogP contribution in [-0.4, -0.2) is 20.9 Å². The van der Waals surface area contributed by atoms with Crippen molar-refractivity contribution in [2.24, 2.45) is 0 Å². The van der Waals surface area contributed by atoms with Crippen LogP contribution in [0.15, 0.2) is 47.4 Å². The Morgan fingerprint density at radius 2 is 1.71 bits per heavy atom. The highest BCUT2D eigenvalue weighted by molar-refractivity contribution is 7.89. The molecule has 0 heterocycles. The summed E-state index contributed by atoms with van der Waals surface area (Å²) in [5.74, 6) is -3.13. The van der Waals surface area contributed by atoms with E-state index in [4.69, 9.17) is 11.6 Å². The summed E-state index contributed by atoms with van der Waals surface area (Å²) in [6, 6.07) is 9.42.